The van der Waals surface area contributed by atoms with E-state index in [0.29, 0.717) is 17.0 Å². The van der Waals surface area contributed by atoms with E-state index >= 15 is 0 Å². The molecule has 2 amide bonds. The van der Waals surface area contributed by atoms with Crippen LogP contribution in [0.5, 0.6) is 5.75 Å². The summed E-state index contributed by atoms with van der Waals surface area (Å²) in [5.74, 6) is 0.0848. The highest BCUT2D eigenvalue weighted by Crippen LogP contribution is 2.65. The molecule has 0 saturated heterocycles. The normalized spacial score (nSPS) is 18.8. The number of fused-ring (bicyclic) bond motifs is 2. The van der Waals surface area contributed by atoms with Gasteiger partial charge in [0.2, 0.25) is 5.91 Å². The van der Waals surface area contributed by atoms with Gasteiger partial charge in [-0.2, -0.15) is 0 Å². The smallest absolute Gasteiger partial charge is 0.413 e. The molecule has 1 aliphatic carbocycles. The summed E-state index contributed by atoms with van der Waals surface area (Å²) in [5, 5.41) is 24.5. The summed E-state index contributed by atoms with van der Waals surface area (Å²) < 4.78 is 5.24. The van der Waals surface area contributed by atoms with E-state index in [1.807, 2.05) is 60.7 Å². The van der Waals surface area contributed by atoms with Crippen molar-refractivity contribution in [2.45, 2.75) is 44.1 Å². The predicted molar refractivity (Wildman–Crippen MR) is 164 cm³/mol. The van der Waals surface area contributed by atoms with E-state index in [-0.39, 0.29) is 23.4 Å². The van der Waals surface area contributed by atoms with Crippen LogP contribution in [0.3, 0.4) is 0 Å². The molecule has 8 heteroatoms. The summed E-state index contributed by atoms with van der Waals surface area (Å²) in [5.41, 5.74) is 5.20. The number of benzene rings is 4. The second kappa shape index (κ2) is 10.0. The first-order valence-corrected chi connectivity index (χ1v) is 14.1. The fourth-order valence-corrected chi connectivity index (χ4v) is 6.02. The van der Waals surface area contributed by atoms with Crippen molar-refractivity contribution < 1.29 is 19.4 Å². The highest BCUT2D eigenvalue weighted by atomic mass is 35.5. The van der Waals surface area contributed by atoms with Gasteiger partial charge in [-0.3, -0.25) is 15.5 Å². The van der Waals surface area contributed by atoms with Crippen molar-refractivity contribution in [1.82, 2.24) is 5.32 Å². The number of ether oxygens (including phenoxy) is 1. The number of hydrogen-bond acceptors (Lipinski definition) is 5. The summed E-state index contributed by atoms with van der Waals surface area (Å²) in [7, 11) is 0. The van der Waals surface area contributed by atoms with E-state index in [9.17, 15) is 14.7 Å². The van der Waals surface area contributed by atoms with Gasteiger partial charge in [-0.25, -0.2) is 4.79 Å². The van der Waals surface area contributed by atoms with Crippen LogP contribution >= 0.6 is 11.6 Å². The maximum absolute atomic E-state index is 13.3. The molecule has 4 aromatic carbocycles. The molecule has 2 aliphatic rings. The first kappa shape index (κ1) is 27.5. The van der Waals surface area contributed by atoms with Crippen molar-refractivity contribution >= 4 is 35.1 Å². The number of phenols is 1. The highest BCUT2D eigenvalue weighted by molar-refractivity contribution is 6.34. The van der Waals surface area contributed by atoms with Gasteiger partial charge in [-0.05, 0) is 67.6 Å². The molecule has 42 heavy (non-hydrogen) atoms. The predicted octanol–water partition coefficient (Wildman–Crippen LogP) is 7.61. The van der Waals surface area contributed by atoms with Crippen LogP contribution < -0.4 is 10.6 Å². The SMILES string of the molecule is CC(C)(C)OC(=O)NC(=N)c1ccc(C2CC23C(=O)Nc2cc(Cl)c(-c4ccc(-c5ccccc5O)cc4)cc23)cc1. The molecular formula is C34H30ClN3O4. The zero-order chi connectivity index (χ0) is 29.8. The summed E-state index contributed by atoms with van der Waals surface area (Å²) in [6, 6.07) is 26.2. The minimum Gasteiger partial charge on any atom is -0.507 e. The third-order valence-corrected chi connectivity index (χ3v) is 8.15. The average Bonchev–Trinajstić information content (AvgIpc) is 3.63. The number of carbonyl (C=O) groups excluding carboxylic acids is 2. The van der Waals surface area contributed by atoms with Gasteiger partial charge in [0.15, 0.2) is 0 Å². The Hall–Kier alpha value is -4.62. The third kappa shape index (κ3) is 4.90. The number of hydrogen-bond donors (Lipinski definition) is 4. The van der Waals surface area contributed by atoms with E-state index in [1.54, 1.807) is 45.0 Å². The molecule has 1 spiro atoms. The molecule has 212 valence electrons. The standard InChI is InChI=1S/C34H30ClN3O4/c1-33(2,3)42-32(41)38-30(36)22-14-12-21(13-15-22)26-18-34(26)25-16-24(27(35)17-28(25)37-31(34)40)20-10-8-19(9-11-20)23-6-4-5-7-29(23)39/h4-17,26,39H,18H2,1-3H3,(H,37,40)(H2,36,38,41). The minimum absolute atomic E-state index is 0.0294. The Bertz CT molecular complexity index is 1740. The zero-order valence-corrected chi connectivity index (χ0v) is 24.2. The number of anilines is 1. The fourth-order valence-electron chi connectivity index (χ4n) is 5.74. The lowest BCUT2D eigenvalue weighted by atomic mass is 9.89. The maximum atomic E-state index is 13.3. The van der Waals surface area contributed by atoms with Crippen molar-refractivity contribution in [1.29, 1.82) is 5.41 Å². The van der Waals surface area contributed by atoms with Gasteiger partial charge in [0.05, 0.1) is 10.4 Å². The number of halogens is 1. The first-order valence-electron chi connectivity index (χ1n) is 13.7. The van der Waals surface area contributed by atoms with Crippen molar-refractivity contribution in [3.63, 3.8) is 0 Å². The lowest BCUT2D eigenvalue weighted by Crippen LogP contribution is -2.36. The van der Waals surface area contributed by atoms with Crippen LogP contribution in [0.25, 0.3) is 22.3 Å². The Morgan fingerprint density at radius 1 is 1.00 bits per heavy atom. The molecule has 6 rings (SSSR count). The van der Waals surface area contributed by atoms with Gasteiger partial charge >= 0.3 is 6.09 Å². The summed E-state index contributed by atoms with van der Waals surface area (Å²) >= 11 is 6.71. The molecule has 4 N–H and O–H groups in total. The van der Waals surface area contributed by atoms with Crippen LogP contribution in [0.4, 0.5) is 10.5 Å². The summed E-state index contributed by atoms with van der Waals surface area (Å²) in [6.07, 6.45) is -0.0224. The number of carbonyl (C=O) groups is 2. The number of nitrogens with one attached hydrogen (secondary N) is 3. The van der Waals surface area contributed by atoms with E-state index in [1.165, 1.54) is 0 Å². The Morgan fingerprint density at radius 2 is 1.64 bits per heavy atom. The van der Waals surface area contributed by atoms with Gasteiger partial charge in [-0.1, -0.05) is 78.3 Å². The van der Waals surface area contributed by atoms with Gasteiger partial charge in [0, 0.05) is 28.3 Å². The van der Waals surface area contributed by atoms with Crippen molar-refractivity contribution in [2.75, 3.05) is 5.32 Å². The number of phenolic OH excluding ortho intramolecular Hbond substituents is 1. The molecule has 2 atom stereocenters. The van der Waals surface area contributed by atoms with Crippen LogP contribution in [0.2, 0.25) is 5.02 Å². The van der Waals surface area contributed by atoms with Crippen molar-refractivity contribution in [3.05, 3.63) is 107 Å². The molecular weight excluding hydrogens is 550 g/mol. The molecule has 1 saturated carbocycles. The van der Waals surface area contributed by atoms with Crippen LogP contribution in [-0.4, -0.2) is 28.5 Å². The van der Waals surface area contributed by atoms with E-state index in [2.05, 4.69) is 10.6 Å². The summed E-state index contributed by atoms with van der Waals surface area (Å²) in [6.45, 7) is 5.29. The lowest BCUT2D eigenvalue weighted by Gasteiger charge is -2.19. The summed E-state index contributed by atoms with van der Waals surface area (Å²) in [4.78, 5) is 25.4. The van der Waals surface area contributed by atoms with Crippen LogP contribution in [0.15, 0.2) is 84.9 Å². The van der Waals surface area contributed by atoms with Crippen LogP contribution in [0.1, 0.15) is 49.8 Å². The Kier molecular flexibility index (Phi) is 6.58. The lowest BCUT2D eigenvalue weighted by molar-refractivity contribution is -0.118. The zero-order valence-electron chi connectivity index (χ0n) is 23.4. The monoisotopic (exact) mass is 579 g/mol. The number of rotatable bonds is 4. The third-order valence-electron chi connectivity index (χ3n) is 7.84. The Balaban J connectivity index is 1.24. The number of aromatic hydroxyl groups is 1. The van der Waals surface area contributed by atoms with Crippen molar-refractivity contribution in [3.8, 4) is 28.0 Å². The molecule has 7 nitrogen and oxygen atoms in total. The fraction of sp³-hybridized carbons (Fsp3) is 0.206. The van der Waals surface area contributed by atoms with Crippen LogP contribution in [-0.2, 0) is 14.9 Å². The second-order valence-electron chi connectivity index (χ2n) is 11.8. The van der Waals surface area contributed by atoms with Gasteiger partial charge in [-0.15, -0.1) is 0 Å². The maximum Gasteiger partial charge on any atom is 0.413 e. The van der Waals surface area contributed by atoms with Gasteiger partial charge in [0.1, 0.15) is 17.2 Å². The Morgan fingerprint density at radius 3 is 2.29 bits per heavy atom. The van der Waals surface area contributed by atoms with Crippen molar-refractivity contribution in [2.24, 2.45) is 0 Å². The molecule has 2 unspecified atom stereocenters. The van der Waals surface area contributed by atoms with Gasteiger partial charge in [0.25, 0.3) is 0 Å². The molecule has 0 aromatic heterocycles. The van der Waals surface area contributed by atoms with E-state index < -0.39 is 17.1 Å². The average molecular weight is 580 g/mol. The quantitative estimate of drug-likeness (QED) is 0.147. The van der Waals surface area contributed by atoms with Gasteiger partial charge < -0.3 is 15.2 Å². The van der Waals surface area contributed by atoms with E-state index in [0.717, 1.165) is 39.1 Å². The largest absolute Gasteiger partial charge is 0.507 e. The number of amides is 2. The number of para-hydroxylation sites is 1. The first-order chi connectivity index (χ1) is 20.0. The number of amidine groups is 1. The topological polar surface area (TPSA) is 112 Å². The minimum atomic E-state index is -0.686. The Labute approximate surface area is 249 Å². The van der Waals surface area contributed by atoms with E-state index in [4.69, 9.17) is 21.7 Å². The highest BCUT2D eigenvalue weighted by Gasteiger charge is 2.65. The second-order valence-corrected chi connectivity index (χ2v) is 12.2. The molecule has 0 radical (unpaired) electrons. The molecule has 1 heterocycles. The number of alkyl carbamates (subject to hydrolysis) is 1. The molecule has 1 fully saturated rings. The van der Waals surface area contributed by atoms with Crippen LogP contribution in [0, 0.1) is 5.41 Å². The molecule has 4 aromatic rings. The molecule has 1 aliphatic heterocycles. The molecule has 0 bridgehead atoms.